The van der Waals surface area contributed by atoms with E-state index in [2.05, 4.69) is 35.9 Å². The molecule has 2 rings (SSSR count). The molecule has 0 saturated carbocycles. The van der Waals surface area contributed by atoms with Gasteiger partial charge in [-0.25, -0.2) is 4.98 Å². The summed E-state index contributed by atoms with van der Waals surface area (Å²) in [5.41, 5.74) is 8.99. The fourth-order valence-corrected chi connectivity index (χ4v) is 2.27. The minimum atomic E-state index is 0.416. The van der Waals surface area contributed by atoms with Crippen LogP contribution in [0.2, 0.25) is 5.02 Å². The molecule has 3 nitrogen and oxygen atoms in total. The summed E-state index contributed by atoms with van der Waals surface area (Å²) in [6.45, 7) is 5.45. The van der Waals surface area contributed by atoms with E-state index in [1.807, 2.05) is 18.2 Å². The topological polar surface area (TPSA) is 42.1 Å². The number of para-hydroxylation sites is 1. The zero-order valence-electron chi connectivity index (χ0n) is 11.2. The number of aromatic nitrogens is 1. The molecular formula is C15H18ClN3. The van der Waals surface area contributed by atoms with Crippen LogP contribution in [0.25, 0.3) is 0 Å². The van der Waals surface area contributed by atoms with Gasteiger partial charge in [0.15, 0.2) is 0 Å². The second kappa shape index (κ2) is 6.04. The molecule has 4 heteroatoms. The Hall–Kier alpha value is -1.58. The van der Waals surface area contributed by atoms with Gasteiger partial charge in [0.1, 0.15) is 5.82 Å². The molecule has 0 fully saturated rings. The van der Waals surface area contributed by atoms with Crippen LogP contribution in [0.3, 0.4) is 0 Å². The number of pyridine rings is 1. The molecule has 2 N–H and O–H groups in total. The Bertz CT molecular complexity index is 569. The first-order valence-electron chi connectivity index (χ1n) is 6.35. The highest BCUT2D eigenvalue weighted by Crippen LogP contribution is 2.28. The third kappa shape index (κ3) is 2.88. The highest BCUT2D eigenvalue weighted by molar-refractivity contribution is 6.31. The van der Waals surface area contributed by atoms with Crippen LogP contribution in [-0.2, 0) is 6.54 Å². The number of nitrogens with two attached hydrogens (primary N) is 1. The molecule has 0 saturated heterocycles. The summed E-state index contributed by atoms with van der Waals surface area (Å²) in [7, 11) is 0. The predicted octanol–water partition coefficient (Wildman–Crippen LogP) is 3.66. The molecule has 0 amide bonds. The lowest BCUT2D eigenvalue weighted by molar-refractivity contribution is 0.969. The van der Waals surface area contributed by atoms with Crippen LogP contribution in [0.4, 0.5) is 11.5 Å². The van der Waals surface area contributed by atoms with E-state index in [0.29, 0.717) is 11.6 Å². The van der Waals surface area contributed by atoms with Gasteiger partial charge in [0, 0.05) is 25.0 Å². The van der Waals surface area contributed by atoms with Gasteiger partial charge in [-0.05, 0) is 37.1 Å². The number of anilines is 2. The average molecular weight is 276 g/mol. The first-order chi connectivity index (χ1) is 9.17. The number of hydrogen-bond acceptors (Lipinski definition) is 3. The molecule has 1 heterocycles. The third-order valence-electron chi connectivity index (χ3n) is 3.14. The number of hydrogen-bond donors (Lipinski definition) is 1. The van der Waals surface area contributed by atoms with Crippen LogP contribution in [-0.4, -0.2) is 11.5 Å². The molecular weight excluding hydrogens is 258 g/mol. The maximum atomic E-state index is 6.06. The largest absolute Gasteiger partial charge is 0.326 e. The van der Waals surface area contributed by atoms with Gasteiger partial charge in [-0.3, -0.25) is 0 Å². The Morgan fingerprint density at radius 2 is 2.05 bits per heavy atom. The molecule has 0 bridgehead atoms. The number of rotatable bonds is 4. The van der Waals surface area contributed by atoms with Gasteiger partial charge in [0.2, 0.25) is 0 Å². The first-order valence-corrected chi connectivity index (χ1v) is 6.72. The van der Waals surface area contributed by atoms with Crippen molar-refractivity contribution >= 4 is 23.1 Å². The van der Waals surface area contributed by atoms with Crippen molar-refractivity contribution in [2.45, 2.75) is 20.4 Å². The maximum Gasteiger partial charge on any atom is 0.133 e. The van der Waals surface area contributed by atoms with E-state index in [9.17, 15) is 0 Å². The van der Waals surface area contributed by atoms with Crippen molar-refractivity contribution in [3.8, 4) is 0 Å². The SMILES string of the molecule is CCN(c1cc(CN)c(Cl)cn1)c1ccccc1C. The molecule has 0 aliphatic rings. The van der Waals surface area contributed by atoms with Crippen LogP contribution < -0.4 is 10.6 Å². The van der Waals surface area contributed by atoms with E-state index in [0.717, 1.165) is 23.6 Å². The molecule has 0 atom stereocenters. The third-order valence-corrected chi connectivity index (χ3v) is 3.48. The molecule has 100 valence electrons. The van der Waals surface area contributed by atoms with Crippen LogP contribution in [0.1, 0.15) is 18.1 Å². The van der Waals surface area contributed by atoms with Crippen molar-refractivity contribution in [3.05, 3.63) is 52.7 Å². The quantitative estimate of drug-likeness (QED) is 0.926. The van der Waals surface area contributed by atoms with Crippen molar-refractivity contribution in [2.24, 2.45) is 5.73 Å². The molecule has 19 heavy (non-hydrogen) atoms. The fraction of sp³-hybridized carbons (Fsp3) is 0.267. The van der Waals surface area contributed by atoms with Crippen molar-refractivity contribution in [1.29, 1.82) is 0 Å². The molecule has 1 aromatic carbocycles. The summed E-state index contributed by atoms with van der Waals surface area (Å²) >= 11 is 6.06. The smallest absolute Gasteiger partial charge is 0.133 e. The molecule has 0 aliphatic heterocycles. The Morgan fingerprint density at radius 3 is 2.68 bits per heavy atom. The summed E-state index contributed by atoms with van der Waals surface area (Å²) in [5, 5.41) is 0.618. The molecule has 0 aliphatic carbocycles. The van der Waals surface area contributed by atoms with Crippen LogP contribution in [0.15, 0.2) is 36.5 Å². The standard InChI is InChI=1S/C15H18ClN3/c1-3-19(14-7-5-4-6-11(14)2)15-8-12(9-17)13(16)10-18-15/h4-8,10H,3,9,17H2,1-2H3. The second-order valence-electron chi connectivity index (χ2n) is 4.37. The van der Waals surface area contributed by atoms with Crippen molar-refractivity contribution < 1.29 is 0 Å². The van der Waals surface area contributed by atoms with E-state index in [1.165, 1.54) is 5.56 Å². The lowest BCUT2D eigenvalue weighted by atomic mass is 10.1. The number of benzene rings is 1. The van der Waals surface area contributed by atoms with Gasteiger partial charge in [0.05, 0.1) is 5.02 Å². The molecule has 2 aromatic rings. The lowest BCUT2D eigenvalue weighted by Crippen LogP contribution is -2.18. The van der Waals surface area contributed by atoms with E-state index in [1.54, 1.807) is 6.20 Å². The van der Waals surface area contributed by atoms with Crippen LogP contribution >= 0.6 is 11.6 Å². The van der Waals surface area contributed by atoms with Gasteiger partial charge < -0.3 is 10.6 Å². The summed E-state index contributed by atoms with van der Waals surface area (Å²) in [5.74, 6) is 0.877. The molecule has 0 spiro atoms. The van der Waals surface area contributed by atoms with Crippen LogP contribution in [0, 0.1) is 6.92 Å². The summed E-state index contributed by atoms with van der Waals surface area (Å²) < 4.78 is 0. The van der Waals surface area contributed by atoms with E-state index >= 15 is 0 Å². The predicted molar refractivity (Wildman–Crippen MR) is 81.0 cm³/mol. The van der Waals surface area contributed by atoms with Gasteiger partial charge >= 0.3 is 0 Å². The highest BCUT2D eigenvalue weighted by Gasteiger charge is 2.12. The van der Waals surface area contributed by atoms with Gasteiger partial charge in [-0.2, -0.15) is 0 Å². The van der Waals surface area contributed by atoms with Crippen LogP contribution in [0.5, 0.6) is 0 Å². The Balaban J connectivity index is 2.45. The Kier molecular flexibility index (Phi) is 4.40. The first kappa shape index (κ1) is 13.8. The Labute approximate surface area is 119 Å². The zero-order valence-corrected chi connectivity index (χ0v) is 12.0. The molecule has 0 radical (unpaired) electrons. The van der Waals surface area contributed by atoms with Gasteiger partial charge in [-0.1, -0.05) is 29.8 Å². The second-order valence-corrected chi connectivity index (χ2v) is 4.78. The lowest BCUT2D eigenvalue weighted by Gasteiger charge is -2.24. The minimum absolute atomic E-state index is 0.416. The summed E-state index contributed by atoms with van der Waals surface area (Å²) in [6, 6.07) is 10.2. The monoisotopic (exact) mass is 275 g/mol. The Morgan fingerprint density at radius 1 is 1.32 bits per heavy atom. The van der Waals surface area contributed by atoms with Gasteiger partial charge in [-0.15, -0.1) is 0 Å². The summed E-state index contributed by atoms with van der Waals surface area (Å²) in [4.78, 5) is 6.57. The number of aryl methyl sites for hydroxylation is 1. The van der Waals surface area contributed by atoms with E-state index in [-0.39, 0.29) is 0 Å². The fourth-order valence-electron chi connectivity index (χ4n) is 2.09. The normalized spacial score (nSPS) is 10.5. The van der Waals surface area contributed by atoms with Gasteiger partial charge in [0.25, 0.3) is 0 Å². The minimum Gasteiger partial charge on any atom is -0.326 e. The van der Waals surface area contributed by atoms with E-state index < -0.39 is 0 Å². The number of nitrogens with zero attached hydrogens (tertiary/aromatic N) is 2. The number of halogens is 1. The maximum absolute atomic E-state index is 6.06. The molecule has 0 unspecified atom stereocenters. The van der Waals surface area contributed by atoms with Crippen molar-refractivity contribution in [3.63, 3.8) is 0 Å². The van der Waals surface area contributed by atoms with E-state index in [4.69, 9.17) is 17.3 Å². The van der Waals surface area contributed by atoms with Crippen molar-refractivity contribution in [1.82, 2.24) is 4.98 Å². The van der Waals surface area contributed by atoms with Crippen molar-refractivity contribution in [2.75, 3.05) is 11.4 Å². The average Bonchev–Trinajstić information content (AvgIpc) is 2.43. The zero-order chi connectivity index (χ0) is 13.8. The highest BCUT2D eigenvalue weighted by atomic mass is 35.5. The summed E-state index contributed by atoms with van der Waals surface area (Å²) in [6.07, 6.45) is 1.67. The molecule has 1 aromatic heterocycles.